The number of methoxy groups -OCH3 is 1. The quantitative estimate of drug-likeness (QED) is 0.676. The summed E-state index contributed by atoms with van der Waals surface area (Å²) in [7, 11) is 1.68. The van der Waals surface area contributed by atoms with Crippen molar-refractivity contribution in [3.63, 3.8) is 0 Å². The Morgan fingerprint density at radius 3 is 2.71 bits per heavy atom. The van der Waals surface area contributed by atoms with Gasteiger partial charge in [0.2, 0.25) is 5.91 Å². The maximum absolute atomic E-state index is 11.6. The molecule has 1 rings (SSSR count). The summed E-state index contributed by atoms with van der Waals surface area (Å²) in [6.45, 7) is 7.11. The molecule has 0 saturated heterocycles. The van der Waals surface area contributed by atoms with E-state index in [4.69, 9.17) is 9.47 Å². The third-order valence-electron chi connectivity index (χ3n) is 3.11. The molecule has 1 aliphatic rings. The monoisotopic (exact) mass is 244 g/mol. The highest BCUT2D eigenvalue weighted by Gasteiger charge is 2.42. The van der Waals surface area contributed by atoms with Gasteiger partial charge in [-0.2, -0.15) is 0 Å². The van der Waals surface area contributed by atoms with E-state index in [1.54, 1.807) is 7.11 Å². The second kappa shape index (κ2) is 6.93. The summed E-state index contributed by atoms with van der Waals surface area (Å²) < 4.78 is 10.9. The molecule has 1 fully saturated rings. The molecule has 1 aliphatic carbocycles. The number of amides is 1. The normalized spacial score (nSPS) is 29.5. The summed E-state index contributed by atoms with van der Waals surface area (Å²) >= 11 is 0. The summed E-state index contributed by atoms with van der Waals surface area (Å²) in [4.78, 5) is 11.6. The molecule has 0 bridgehead atoms. The number of likely N-dealkylation sites (N-methyl/N-ethyl adjacent to an activating group) is 1. The molecule has 1 amide bonds. The molecule has 100 valence electrons. The van der Waals surface area contributed by atoms with Gasteiger partial charge >= 0.3 is 0 Å². The molecule has 0 aromatic heterocycles. The first-order valence-electron chi connectivity index (χ1n) is 6.32. The summed E-state index contributed by atoms with van der Waals surface area (Å²) in [5.41, 5.74) is 0. The van der Waals surface area contributed by atoms with Crippen molar-refractivity contribution < 1.29 is 14.3 Å². The van der Waals surface area contributed by atoms with Crippen molar-refractivity contribution in [2.24, 2.45) is 0 Å². The lowest BCUT2D eigenvalue weighted by Gasteiger charge is -2.44. The standard InChI is InChI=1S/C12H24N2O3/c1-5-13-12(15)8(3)14-9-7-10(17-6-2)11(9)16-4/h8-11,14H,5-7H2,1-4H3,(H,13,15). The zero-order valence-corrected chi connectivity index (χ0v) is 11.2. The number of rotatable bonds is 7. The Hall–Kier alpha value is -0.650. The number of carbonyl (C=O) groups is 1. The Kier molecular flexibility index (Phi) is 5.88. The van der Waals surface area contributed by atoms with Gasteiger partial charge in [-0.1, -0.05) is 0 Å². The maximum Gasteiger partial charge on any atom is 0.236 e. The Morgan fingerprint density at radius 1 is 1.47 bits per heavy atom. The van der Waals surface area contributed by atoms with Crippen molar-refractivity contribution in [2.75, 3.05) is 20.3 Å². The van der Waals surface area contributed by atoms with E-state index in [2.05, 4.69) is 10.6 Å². The van der Waals surface area contributed by atoms with E-state index in [0.29, 0.717) is 13.2 Å². The fraction of sp³-hybridized carbons (Fsp3) is 0.917. The Balaban J connectivity index is 2.35. The number of hydrogen-bond acceptors (Lipinski definition) is 4. The molecule has 0 spiro atoms. The molecule has 2 N–H and O–H groups in total. The van der Waals surface area contributed by atoms with Gasteiger partial charge in [-0.25, -0.2) is 0 Å². The van der Waals surface area contributed by atoms with Crippen LogP contribution in [0.1, 0.15) is 27.2 Å². The molecule has 0 aliphatic heterocycles. The minimum Gasteiger partial charge on any atom is -0.377 e. The highest BCUT2D eigenvalue weighted by atomic mass is 16.5. The van der Waals surface area contributed by atoms with E-state index in [0.717, 1.165) is 6.42 Å². The maximum atomic E-state index is 11.6. The van der Waals surface area contributed by atoms with Crippen molar-refractivity contribution in [2.45, 2.75) is 51.5 Å². The van der Waals surface area contributed by atoms with Gasteiger partial charge in [-0.15, -0.1) is 0 Å². The lowest BCUT2D eigenvalue weighted by Crippen LogP contribution is -2.63. The van der Waals surface area contributed by atoms with Crippen LogP contribution in [0, 0.1) is 0 Å². The second-order valence-corrected chi connectivity index (χ2v) is 4.32. The van der Waals surface area contributed by atoms with Crippen LogP contribution in [0.2, 0.25) is 0 Å². The van der Waals surface area contributed by atoms with Crippen molar-refractivity contribution in [1.82, 2.24) is 10.6 Å². The first kappa shape index (κ1) is 14.4. The second-order valence-electron chi connectivity index (χ2n) is 4.32. The van der Waals surface area contributed by atoms with Gasteiger partial charge in [0, 0.05) is 26.3 Å². The van der Waals surface area contributed by atoms with E-state index in [-0.39, 0.29) is 30.2 Å². The molecule has 0 aromatic rings. The minimum atomic E-state index is -0.194. The predicted molar refractivity (Wildman–Crippen MR) is 65.9 cm³/mol. The smallest absolute Gasteiger partial charge is 0.236 e. The molecule has 4 unspecified atom stereocenters. The highest BCUT2D eigenvalue weighted by molar-refractivity contribution is 5.81. The van der Waals surface area contributed by atoms with Gasteiger partial charge in [0.05, 0.1) is 18.2 Å². The van der Waals surface area contributed by atoms with Crippen LogP contribution >= 0.6 is 0 Å². The first-order valence-corrected chi connectivity index (χ1v) is 6.32. The Bertz CT molecular complexity index is 248. The lowest BCUT2D eigenvalue weighted by molar-refractivity contribution is -0.138. The third kappa shape index (κ3) is 3.66. The van der Waals surface area contributed by atoms with Crippen LogP contribution in [0.15, 0.2) is 0 Å². The molecule has 1 saturated carbocycles. The molecule has 17 heavy (non-hydrogen) atoms. The van der Waals surface area contributed by atoms with E-state index < -0.39 is 0 Å². The average molecular weight is 244 g/mol. The van der Waals surface area contributed by atoms with Gasteiger partial charge < -0.3 is 20.1 Å². The molecule has 0 aromatic carbocycles. The largest absolute Gasteiger partial charge is 0.377 e. The molecular formula is C12H24N2O3. The molecule has 0 radical (unpaired) electrons. The molecular weight excluding hydrogens is 220 g/mol. The fourth-order valence-electron chi connectivity index (χ4n) is 2.16. The number of ether oxygens (including phenoxy) is 2. The van der Waals surface area contributed by atoms with Gasteiger partial charge in [0.1, 0.15) is 0 Å². The van der Waals surface area contributed by atoms with Crippen molar-refractivity contribution >= 4 is 5.91 Å². The van der Waals surface area contributed by atoms with Gasteiger partial charge in [-0.3, -0.25) is 4.79 Å². The first-order chi connectivity index (χ1) is 8.13. The third-order valence-corrected chi connectivity index (χ3v) is 3.11. The van der Waals surface area contributed by atoms with Crippen LogP contribution in [-0.2, 0) is 14.3 Å². The summed E-state index contributed by atoms with van der Waals surface area (Å²) in [5, 5.41) is 6.07. The zero-order chi connectivity index (χ0) is 12.8. The number of carbonyl (C=O) groups excluding carboxylic acids is 1. The number of hydrogen-bond donors (Lipinski definition) is 2. The van der Waals surface area contributed by atoms with Gasteiger partial charge in [0.25, 0.3) is 0 Å². The molecule has 5 nitrogen and oxygen atoms in total. The van der Waals surface area contributed by atoms with Gasteiger partial charge in [-0.05, 0) is 27.2 Å². The van der Waals surface area contributed by atoms with Gasteiger partial charge in [0.15, 0.2) is 0 Å². The van der Waals surface area contributed by atoms with E-state index >= 15 is 0 Å². The molecule has 5 heteroatoms. The summed E-state index contributed by atoms with van der Waals surface area (Å²) in [5.74, 6) is 0.0298. The SMILES string of the molecule is CCNC(=O)C(C)NC1CC(OCC)C1OC. The van der Waals surface area contributed by atoms with Crippen LogP contribution < -0.4 is 10.6 Å². The molecule has 4 atom stereocenters. The van der Waals surface area contributed by atoms with Crippen LogP contribution in [0.4, 0.5) is 0 Å². The lowest BCUT2D eigenvalue weighted by atomic mass is 9.84. The Morgan fingerprint density at radius 2 is 2.18 bits per heavy atom. The van der Waals surface area contributed by atoms with Crippen LogP contribution in [0.3, 0.4) is 0 Å². The summed E-state index contributed by atoms with van der Waals surface area (Å²) in [6, 6.07) is 0.00864. The Labute approximate surface area is 103 Å². The summed E-state index contributed by atoms with van der Waals surface area (Å²) in [6.07, 6.45) is 1.10. The average Bonchev–Trinajstić information content (AvgIpc) is 2.28. The minimum absolute atomic E-state index is 0.0298. The predicted octanol–water partition coefficient (Wildman–Crippen LogP) is 0.293. The van der Waals surface area contributed by atoms with Crippen LogP contribution in [-0.4, -0.2) is 50.5 Å². The van der Waals surface area contributed by atoms with Crippen LogP contribution in [0.5, 0.6) is 0 Å². The molecule has 0 heterocycles. The zero-order valence-electron chi connectivity index (χ0n) is 11.2. The van der Waals surface area contributed by atoms with Crippen molar-refractivity contribution in [3.05, 3.63) is 0 Å². The van der Waals surface area contributed by atoms with E-state index in [1.807, 2.05) is 20.8 Å². The van der Waals surface area contributed by atoms with Crippen molar-refractivity contribution in [3.8, 4) is 0 Å². The van der Waals surface area contributed by atoms with Crippen molar-refractivity contribution in [1.29, 1.82) is 0 Å². The van der Waals surface area contributed by atoms with E-state index in [1.165, 1.54) is 0 Å². The van der Waals surface area contributed by atoms with E-state index in [9.17, 15) is 4.79 Å². The highest BCUT2D eigenvalue weighted by Crippen LogP contribution is 2.27. The topological polar surface area (TPSA) is 59.6 Å². The van der Waals surface area contributed by atoms with Crippen LogP contribution in [0.25, 0.3) is 0 Å². The number of nitrogens with one attached hydrogen (secondary N) is 2. The fourth-order valence-corrected chi connectivity index (χ4v) is 2.16.